The van der Waals surface area contributed by atoms with Gasteiger partial charge in [0.1, 0.15) is 5.70 Å². The first kappa shape index (κ1) is 10.9. The second kappa shape index (κ2) is 4.09. The van der Waals surface area contributed by atoms with Crippen LogP contribution in [-0.4, -0.2) is 17.9 Å². The van der Waals surface area contributed by atoms with Crippen LogP contribution in [0.1, 0.15) is 15.9 Å². The highest BCUT2D eigenvalue weighted by atomic mass is 16.4. The van der Waals surface area contributed by atoms with Gasteiger partial charge in [0.15, 0.2) is 0 Å². The van der Waals surface area contributed by atoms with Crippen molar-refractivity contribution in [2.45, 2.75) is 0 Å². The lowest BCUT2D eigenvalue weighted by Gasteiger charge is -2.02. The van der Waals surface area contributed by atoms with Crippen LogP contribution in [0, 0.1) is 0 Å². The molecule has 0 aromatic heterocycles. The van der Waals surface area contributed by atoms with Crippen LogP contribution in [0.4, 0.5) is 4.79 Å². The zero-order valence-corrected chi connectivity index (χ0v) is 8.52. The van der Waals surface area contributed by atoms with E-state index in [1.807, 2.05) is 0 Å². The van der Waals surface area contributed by atoms with Crippen molar-refractivity contribution in [1.29, 1.82) is 0 Å². The maximum atomic E-state index is 11.2. The molecular weight excluding hydrogens is 224 g/mol. The van der Waals surface area contributed by atoms with E-state index in [-0.39, 0.29) is 11.3 Å². The molecule has 1 aromatic rings. The Kier molecular flexibility index (Phi) is 2.61. The van der Waals surface area contributed by atoms with Crippen molar-refractivity contribution in [3.63, 3.8) is 0 Å². The monoisotopic (exact) mass is 231 g/mol. The molecule has 0 bridgehead atoms. The summed E-state index contributed by atoms with van der Waals surface area (Å²) >= 11 is 0. The first-order chi connectivity index (χ1) is 8.06. The molecule has 1 aliphatic rings. The molecule has 3 amide bonds. The molecule has 17 heavy (non-hydrogen) atoms. The molecule has 1 heterocycles. The van der Waals surface area contributed by atoms with Gasteiger partial charge in [0.25, 0.3) is 5.91 Å². The van der Waals surface area contributed by atoms with Gasteiger partial charge in [0.05, 0.1) is 5.97 Å². The molecule has 2 N–H and O–H groups in total. The Hall–Kier alpha value is -2.63. The molecule has 0 aliphatic carbocycles. The zero-order chi connectivity index (χ0) is 12.4. The van der Waals surface area contributed by atoms with Gasteiger partial charge in [0, 0.05) is 0 Å². The SMILES string of the molecule is O=C1NC(=O)/C(=C/c2ccc(C(=O)[O-])cc2)N1. The standard InChI is InChI=1S/C11H8N2O4/c14-9-8(12-11(17)13-9)5-6-1-3-7(4-2-6)10(15)16/h1-5H,(H,15,16)(H2,12,13,14,17)/p-1/b8-5-. The van der Waals surface area contributed by atoms with Crippen molar-refractivity contribution in [2.24, 2.45) is 0 Å². The topological polar surface area (TPSA) is 98.3 Å². The van der Waals surface area contributed by atoms with Crippen LogP contribution >= 0.6 is 0 Å². The molecule has 1 fully saturated rings. The van der Waals surface area contributed by atoms with Crippen LogP contribution in [0.25, 0.3) is 6.08 Å². The van der Waals surface area contributed by atoms with Crippen molar-refractivity contribution in [3.05, 3.63) is 41.1 Å². The van der Waals surface area contributed by atoms with Gasteiger partial charge >= 0.3 is 6.03 Å². The predicted molar refractivity (Wildman–Crippen MR) is 55.4 cm³/mol. The van der Waals surface area contributed by atoms with Crippen molar-refractivity contribution in [2.75, 3.05) is 0 Å². The Balaban J connectivity index is 2.24. The number of urea groups is 1. The number of benzene rings is 1. The second-order valence-corrected chi connectivity index (χ2v) is 3.38. The summed E-state index contributed by atoms with van der Waals surface area (Å²) in [6.07, 6.45) is 1.44. The molecule has 0 saturated carbocycles. The summed E-state index contributed by atoms with van der Waals surface area (Å²) in [5, 5.41) is 14.9. The van der Waals surface area contributed by atoms with Gasteiger partial charge in [-0.05, 0) is 17.2 Å². The van der Waals surface area contributed by atoms with E-state index in [1.54, 1.807) is 0 Å². The Morgan fingerprint density at radius 3 is 2.24 bits per heavy atom. The number of carbonyl (C=O) groups is 3. The molecule has 0 spiro atoms. The summed E-state index contributed by atoms with van der Waals surface area (Å²) in [6, 6.07) is 5.16. The summed E-state index contributed by atoms with van der Waals surface area (Å²) in [7, 11) is 0. The highest BCUT2D eigenvalue weighted by molar-refractivity contribution is 6.13. The predicted octanol–water partition coefficient (Wildman–Crippen LogP) is -0.770. The molecule has 1 aromatic carbocycles. The van der Waals surface area contributed by atoms with E-state index in [2.05, 4.69) is 10.6 Å². The fourth-order valence-corrected chi connectivity index (χ4v) is 1.36. The molecule has 1 saturated heterocycles. The number of hydrogen-bond acceptors (Lipinski definition) is 4. The highest BCUT2D eigenvalue weighted by Crippen LogP contribution is 2.09. The van der Waals surface area contributed by atoms with Crippen molar-refractivity contribution in [1.82, 2.24) is 10.6 Å². The van der Waals surface area contributed by atoms with Crippen LogP contribution < -0.4 is 15.7 Å². The van der Waals surface area contributed by atoms with Gasteiger partial charge in [-0.1, -0.05) is 24.3 Å². The second-order valence-electron chi connectivity index (χ2n) is 3.38. The quantitative estimate of drug-likeness (QED) is 0.515. The summed E-state index contributed by atoms with van der Waals surface area (Å²) in [6.45, 7) is 0. The fourth-order valence-electron chi connectivity index (χ4n) is 1.36. The van der Waals surface area contributed by atoms with Gasteiger partial charge in [-0.15, -0.1) is 0 Å². The Labute approximate surface area is 95.9 Å². The molecule has 1 aliphatic heterocycles. The Morgan fingerprint density at radius 2 is 1.76 bits per heavy atom. The normalized spacial score (nSPS) is 16.8. The number of amides is 3. The number of nitrogens with one attached hydrogen (secondary N) is 2. The third-order valence-electron chi connectivity index (χ3n) is 2.18. The largest absolute Gasteiger partial charge is 0.545 e. The van der Waals surface area contributed by atoms with E-state index in [4.69, 9.17) is 0 Å². The number of carboxylic acids is 1. The number of carboxylic acid groups (broad SMARTS) is 1. The first-order valence-corrected chi connectivity index (χ1v) is 4.72. The number of hydrogen-bond donors (Lipinski definition) is 2. The van der Waals surface area contributed by atoms with E-state index in [0.29, 0.717) is 5.56 Å². The maximum Gasteiger partial charge on any atom is 0.326 e. The van der Waals surface area contributed by atoms with E-state index in [0.717, 1.165) is 0 Å². The summed E-state index contributed by atoms with van der Waals surface area (Å²) in [5.41, 5.74) is 0.769. The van der Waals surface area contributed by atoms with Gasteiger partial charge in [0.2, 0.25) is 0 Å². The van der Waals surface area contributed by atoms with Crippen molar-refractivity contribution in [3.8, 4) is 0 Å². The van der Waals surface area contributed by atoms with Crippen LogP contribution in [0.2, 0.25) is 0 Å². The molecule has 2 rings (SSSR count). The number of rotatable bonds is 2. The Bertz CT molecular complexity index is 531. The third-order valence-corrected chi connectivity index (χ3v) is 2.18. The Morgan fingerprint density at radius 1 is 1.12 bits per heavy atom. The molecule has 86 valence electrons. The van der Waals surface area contributed by atoms with E-state index in [9.17, 15) is 19.5 Å². The van der Waals surface area contributed by atoms with Gasteiger partial charge in [-0.3, -0.25) is 10.1 Å². The van der Waals surface area contributed by atoms with Gasteiger partial charge < -0.3 is 15.2 Å². The van der Waals surface area contributed by atoms with Crippen LogP contribution in [-0.2, 0) is 4.79 Å². The molecular formula is C11H7N2O4-. The van der Waals surface area contributed by atoms with Crippen LogP contribution in [0.15, 0.2) is 30.0 Å². The number of imide groups is 1. The summed E-state index contributed by atoms with van der Waals surface area (Å²) in [4.78, 5) is 32.5. The van der Waals surface area contributed by atoms with Gasteiger partial charge in [-0.2, -0.15) is 0 Å². The van der Waals surface area contributed by atoms with E-state index >= 15 is 0 Å². The smallest absolute Gasteiger partial charge is 0.326 e. The molecule has 6 nitrogen and oxygen atoms in total. The lowest BCUT2D eigenvalue weighted by atomic mass is 10.1. The fraction of sp³-hybridized carbons (Fsp3) is 0. The minimum atomic E-state index is -1.27. The maximum absolute atomic E-state index is 11.2. The zero-order valence-electron chi connectivity index (χ0n) is 8.52. The van der Waals surface area contributed by atoms with Gasteiger partial charge in [-0.25, -0.2) is 4.79 Å². The molecule has 0 unspecified atom stereocenters. The first-order valence-electron chi connectivity index (χ1n) is 4.72. The van der Waals surface area contributed by atoms with E-state index < -0.39 is 17.9 Å². The lowest BCUT2D eigenvalue weighted by molar-refractivity contribution is -0.255. The highest BCUT2D eigenvalue weighted by Gasteiger charge is 2.22. The minimum Gasteiger partial charge on any atom is -0.545 e. The number of carbonyl (C=O) groups excluding carboxylic acids is 3. The average Bonchev–Trinajstić information content (AvgIpc) is 2.58. The van der Waals surface area contributed by atoms with Crippen molar-refractivity contribution >= 4 is 24.0 Å². The minimum absolute atomic E-state index is 0.0482. The van der Waals surface area contributed by atoms with Crippen LogP contribution in [0.5, 0.6) is 0 Å². The van der Waals surface area contributed by atoms with Crippen LogP contribution in [0.3, 0.4) is 0 Å². The lowest BCUT2D eigenvalue weighted by Crippen LogP contribution is -2.22. The summed E-state index contributed by atoms with van der Waals surface area (Å²) in [5.74, 6) is -1.78. The summed E-state index contributed by atoms with van der Waals surface area (Å²) < 4.78 is 0. The molecule has 6 heteroatoms. The molecule has 0 atom stereocenters. The number of aromatic carboxylic acids is 1. The van der Waals surface area contributed by atoms with E-state index in [1.165, 1.54) is 30.3 Å². The van der Waals surface area contributed by atoms with Crippen molar-refractivity contribution < 1.29 is 19.5 Å². The molecule has 0 radical (unpaired) electrons. The third kappa shape index (κ3) is 2.31. The average molecular weight is 231 g/mol.